The Morgan fingerprint density at radius 2 is 1.85 bits per heavy atom. The summed E-state index contributed by atoms with van der Waals surface area (Å²) in [5.41, 5.74) is 2.04. The number of aromatic nitrogens is 2. The first-order chi connectivity index (χ1) is 13.2. The third-order valence-electron chi connectivity index (χ3n) is 4.16. The lowest BCUT2D eigenvalue weighted by molar-refractivity contribution is 0.102. The largest absolute Gasteiger partial charge is 0.454 e. The van der Waals surface area contributed by atoms with E-state index < -0.39 is 0 Å². The minimum Gasteiger partial charge on any atom is -0.454 e. The molecule has 0 saturated carbocycles. The number of amides is 1. The minimum atomic E-state index is -0.293. The molecular weight excluding hydrogens is 344 g/mol. The molecule has 1 N–H and O–H groups in total. The zero-order chi connectivity index (χ0) is 18.6. The molecule has 0 radical (unpaired) electrons. The Balaban J connectivity index is 1.41. The van der Waals surface area contributed by atoms with Gasteiger partial charge in [-0.1, -0.05) is 24.3 Å². The lowest BCUT2D eigenvalue weighted by atomic mass is 10.2. The van der Waals surface area contributed by atoms with Gasteiger partial charge in [-0.3, -0.25) is 4.79 Å². The molecule has 0 spiro atoms. The number of para-hydroxylation sites is 1. The van der Waals surface area contributed by atoms with Crippen LogP contribution in [0.1, 0.15) is 16.1 Å². The van der Waals surface area contributed by atoms with Gasteiger partial charge in [0.05, 0.1) is 0 Å². The Morgan fingerprint density at radius 3 is 2.63 bits per heavy atom. The highest BCUT2D eigenvalue weighted by molar-refractivity contribution is 6.02. The van der Waals surface area contributed by atoms with Gasteiger partial charge < -0.3 is 19.7 Å². The van der Waals surface area contributed by atoms with Crippen molar-refractivity contribution in [3.8, 4) is 11.5 Å². The standard InChI is InChI=1S/C20H18N4O3/c1-24(12-14-7-9-17-18(11-14)27-13-26-17)19-10-8-16(22-23-19)20(25)21-15-5-3-2-4-6-15/h2-11H,12-13H2,1H3,(H,21,25). The fourth-order valence-corrected chi connectivity index (χ4v) is 2.76. The van der Waals surface area contributed by atoms with Gasteiger partial charge in [0.15, 0.2) is 23.0 Å². The number of nitrogens with one attached hydrogen (secondary N) is 1. The molecule has 2 heterocycles. The molecule has 0 aliphatic carbocycles. The van der Waals surface area contributed by atoms with Crippen molar-refractivity contribution in [3.05, 3.63) is 71.9 Å². The molecule has 2 aromatic carbocycles. The number of ether oxygens (including phenoxy) is 2. The molecule has 0 saturated heterocycles. The number of benzene rings is 2. The van der Waals surface area contributed by atoms with Gasteiger partial charge in [0.1, 0.15) is 0 Å². The Labute approximate surface area is 156 Å². The van der Waals surface area contributed by atoms with Crippen molar-refractivity contribution in [2.24, 2.45) is 0 Å². The summed E-state index contributed by atoms with van der Waals surface area (Å²) in [4.78, 5) is 14.2. The molecule has 3 aromatic rings. The lowest BCUT2D eigenvalue weighted by Crippen LogP contribution is -2.20. The number of hydrogen-bond donors (Lipinski definition) is 1. The molecule has 0 atom stereocenters. The normalized spacial score (nSPS) is 11.9. The molecule has 136 valence electrons. The van der Waals surface area contributed by atoms with Crippen LogP contribution in [0.2, 0.25) is 0 Å². The van der Waals surface area contributed by atoms with Gasteiger partial charge in [-0.15, -0.1) is 10.2 Å². The Morgan fingerprint density at radius 1 is 1.04 bits per heavy atom. The molecule has 7 heteroatoms. The van der Waals surface area contributed by atoms with Crippen molar-refractivity contribution in [3.63, 3.8) is 0 Å². The summed E-state index contributed by atoms with van der Waals surface area (Å²) in [7, 11) is 1.91. The summed E-state index contributed by atoms with van der Waals surface area (Å²) in [6.07, 6.45) is 0. The van der Waals surface area contributed by atoms with E-state index >= 15 is 0 Å². The van der Waals surface area contributed by atoms with Crippen LogP contribution in [-0.4, -0.2) is 29.9 Å². The highest BCUT2D eigenvalue weighted by atomic mass is 16.7. The van der Waals surface area contributed by atoms with Crippen molar-refractivity contribution >= 4 is 17.4 Å². The second-order valence-corrected chi connectivity index (χ2v) is 6.14. The van der Waals surface area contributed by atoms with E-state index in [1.54, 1.807) is 12.1 Å². The number of carbonyl (C=O) groups excluding carboxylic acids is 1. The zero-order valence-corrected chi connectivity index (χ0v) is 14.8. The maximum absolute atomic E-state index is 12.2. The summed E-state index contributed by atoms with van der Waals surface area (Å²) in [6, 6.07) is 18.5. The lowest BCUT2D eigenvalue weighted by Gasteiger charge is -2.18. The van der Waals surface area contributed by atoms with Crippen molar-refractivity contribution in [1.29, 1.82) is 0 Å². The molecular formula is C20H18N4O3. The van der Waals surface area contributed by atoms with E-state index in [9.17, 15) is 4.79 Å². The molecule has 1 aliphatic rings. The second-order valence-electron chi connectivity index (χ2n) is 6.14. The highest BCUT2D eigenvalue weighted by Gasteiger charge is 2.15. The average molecular weight is 362 g/mol. The fraction of sp³-hybridized carbons (Fsp3) is 0.150. The molecule has 0 unspecified atom stereocenters. The molecule has 4 rings (SSSR count). The van der Waals surface area contributed by atoms with Crippen LogP contribution in [-0.2, 0) is 6.54 Å². The first-order valence-electron chi connectivity index (χ1n) is 8.49. The molecule has 1 amide bonds. The summed E-state index contributed by atoms with van der Waals surface area (Å²) in [6.45, 7) is 0.882. The van der Waals surface area contributed by atoms with Gasteiger partial charge >= 0.3 is 0 Å². The predicted molar refractivity (Wildman–Crippen MR) is 101 cm³/mol. The van der Waals surface area contributed by atoms with Crippen LogP contribution in [0, 0.1) is 0 Å². The van der Waals surface area contributed by atoms with Crippen LogP contribution in [0.5, 0.6) is 11.5 Å². The summed E-state index contributed by atoms with van der Waals surface area (Å²) in [5.74, 6) is 1.89. The van der Waals surface area contributed by atoms with Gasteiger partial charge in [-0.25, -0.2) is 0 Å². The second kappa shape index (κ2) is 7.33. The fourth-order valence-electron chi connectivity index (χ4n) is 2.76. The van der Waals surface area contributed by atoms with E-state index in [4.69, 9.17) is 9.47 Å². The van der Waals surface area contributed by atoms with Crippen LogP contribution < -0.4 is 19.7 Å². The Kier molecular flexibility index (Phi) is 4.57. The highest BCUT2D eigenvalue weighted by Crippen LogP contribution is 2.32. The topological polar surface area (TPSA) is 76.6 Å². The Bertz CT molecular complexity index is 945. The monoisotopic (exact) mass is 362 g/mol. The van der Waals surface area contributed by atoms with Crippen LogP contribution in [0.25, 0.3) is 0 Å². The van der Waals surface area contributed by atoms with Crippen LogP contribution >= 0.6 is 0 Å². The maximum atomic E-state index is 12.2. The van der Waals surface area contributed by atoms with E-state index in [2.05, 4.69) is 15.5 Å². The summed E-state index contributed by atoms with van der Waals surface area (Å²) < 4.78 is 10.7. The number of anilines is 2. The van der Waals surface area contributed by atoms with Crippen molar-refractivity contribution < 1.29 is 14.3 Å². The maximum Gasteiger partial charge on any atom is 0.276 e. The van der Waals surface area contributed by atoms with Gasteiger partial charge in [-0.2, -0.15) is 0 Å². The zero-order valence-electron chi connectivity index (χ0n) is 14.8. The van der Waals surface area contributed by atoms with Crippen molar-refractivity contribution in [2.75, 3.05) is 24.1 Å². The van der Waals surface area contributed by atoms with Gasteiger partial charge in [0.2, 0.25) is 6.79 Å². The SMILES string of the molecule is CN(Cc1ccc2c(c1)OCO2)c1ccc(C(=O)Nc2ccccc2)nn1. The van der Waals surface area contributed by atoms with Gasteiger partial charge in [0.25, 0.3) is 5.91 Å². The number of nitrogens with zero attached hydrogens (tertiary/aromatic N) is 3. The predicted octanol–water partition coefficient (Wildman–Crippen LogP) is 3.09. The quantitative estimate of drug-likeness (QED) is 0.752. The molecule has 1 aromatic heterocycles. The molecule has 0 fully saturated rings. The molecule has 0 bridgehead atoms. The first kappa shape index (κ1) is 16.8. The summed E-state index contributed by atoms with van der Waals surface area (Å²) in [5, 5.41) is 11.0. The van der Waals surface area contributed by atoms with E-state index in [-0.39, 0.29) is 18.4 Å². The van der Waals surface area contributed by atoms with E-state index in [0.29, 0.717) is 18.1 Å². The van der Waals surface area contributed by atoms with E-state index in [1.165, 1.54) is 0 Å². The number of fused-ring (bicyclic) bond motifs is 1. The van der Waals surface area contributed by atoms with Gasteiger partial charge in [0, 0.05) is 19.3 Å². The third-order valence-corrected chi connectivity index (χ3v) is 4.16. The van der Waals surface area contributed by atoms with Gasteiger partial charge in [-0.05, 0) is 42.0 Å². The molecule has 1 aliphatic heterocycles. The third kappa shape index (κ3) is 3.82. The van der Waals surface area contributed by atoms with Crippen LogP contribution in [0.4, 0.5) is 11.5 Å². The number of hydrogen-bond acceptors (Lipinski definition) is 6. The average Bonchev–Trinajstić information content (AvgIpc) is 3.16. The number of carbonyl (C=O) groups is 1. The van der Waals surface area contributed by atoms with Crippen molar-refractivity contribution in [1.82, 2.24) is 10.2 Å². The first-order valence-corrected chi connectivity index (χ1v) is 8.49. The number of rotatable bonds is 5. The summed E-state index contributed by atoms with van der Waals surface area (Å²) >= 11 is 0. The molecule has 27 heavy (non-hydrogen) atoms. The van der Waals surface area contributed by atoms with E-state index in [1.807, 2.05) is 60.5 Å². The smallest absolute Gasteiger partial charge is 0.276 e. The van der Waals surface area contributed by atoms with Crippen molar-refractivity contribution in [2.45, 2.75) is 6.54 Å². The Hall–Kier alpha value is -3.61. The van der Waals surface area contributed by atoms with Crippen LogP contribution in [0.15, 0.2) is 60.7 Å². The van der Waals surface area contributed by atoms with Crippen LogP contribution in [0.3, 0.4) is 0 Å². The minimum absolute atomic E-state index is 0.257. The molecule has 7 nitrogen and oxygen atoms in total. The van der Waals surface area contributed by atoms with E-state index in [0.717, 1.165) is 17.1 Å².